The first-order valence-corrected chi connectivity index (χ1v) is 17.3. The number of pyridine rings is 2. The highest BCUT2D eigenvalue weighted by Crippen LogP contribution is 2.45. The minimum Gasteiger partial charge on any atom is -0.383 e. The molecule has 9 nitrogen and oxygen atoms in total. The van der Waals surface area contributed by atoms with Crippen molar-refractivity contribution >= 4 is 22.7 Å². The first-order valence-electron chi connectivity index (χ1n) is 17.3. The Bertz CT molecular complexity index is 2110. The number of nitrogen functional groups attached to an aromatic ring is 1. The predicted octanol–water partition coefficient (Wildman–Crippen LogP) is 6.07. The summed E-state index contributed by atoms with van der Waals surface area (Å²) in [6.45, 7) is 5.03. The van der Waals surface area contributed by atoms with Gasteiger partial charge in [0.2, 0.25) is 10.9 Å². The molecule has 0 amide bonds. The minimum atomic E-state index is -0.334. The van der Waals surface area contributed by atoms with Crippen LogP contribution < -0.4 is 21.9 Å². The van der Waals surface area contributed by atoms with Gasteiger partial charge in [-0.25, -0.2) is 15.0 Å². The second kappa shape index (κ2) is 12.3. The van der Waals surface area contributed by atoms with Crippen molar-refractivity contribution in [2.75, 3.05) is 24.1 Å². The minimum absolute atomic E-state index is 0.232. The van der Waals surface area contributed by atoms with Gasteiger partial charge in [0.25, 0.3) is 0 Å². The molecule has 1 saturated carbocycles. The molecule has 1 unspecified atom stereocenters. The first kappa shape index (κ1) is 30.4. The number of fused-ring (bicyclic) bond motifs is 1. The Hall–Kier alpha value is -4.89. The predicted molar refractivity (Wildman–Crippen MR) is 191 cm³/mol. The molecule has 244 valence electrons. The van der Waals surface area contributed by atoms with Crippen molar-refractivity contribution in [1.82, 2.24) is 24.4 Å². The van der Waals surface area contributed by atoms with Gasteiger partial charge in [0, 0.05) is 42.5 Å². The van der Waals surface area contributed by atoms with Crippen LogP contribution in [0.15, 0.2) is 88.6 Å². The molecule has 2 fully saturated rings. The van der Waals surface area contributed by atoms with Gasteiger partial charge in [-0.3, -0.25) is 19.1 Å². The summed E-state index contributed by atoms with van der Waals surface area (Å²) in [7, 11) is 0. The number of nitrogens with zero attached hydrogens (tertiary/aromatic N) is 5. The average Bonchev–Trinajstić information content (AvgIpc) is 3.70. The van der Waals surface area contributed by atoms with E-state index in [0.29, 0.717) is 28.9 Å². The van der Waals surface area contributed by atoms with Crippen LogP contribution in [0.5, 0.6) is 0 Å². The molecule has 0 bridgehead atoms. The highest BCUT2D eigenvalue weighted by Gasteiger charge is 2.41. The molecule has 0 radical (unpaired) electrons. The molecule has 2 aliphatic carbocycles. The molecule has 5 aromatic rings. The summed E-state index contributed by atoms with van der Waals surface area (Å²) in [6.07, 6.45) is 17.4. The fourth-order valence-corrected chi connectivity index (χ4v) is 8.10. The highest BCUT2D eigenvalue weighted by atomic mass is 16.2. The molecule has 1 atom stereocenters. The fourth-order valence-electron chi connectivity index (χ4n) is 8.10. The van der Waals surface area contributed by atoms with Gasteiger partial charge in [-0.1, -0.05) is 43.4 Å². The second-order valence-electron chi connectivity index (χ2n) is 13.9. The lowest BCUT2D eigenvalue weighted by atomic mass is 9.72. The van der Waals surface area contributed by atoms with Gasteiger partial charge in [-0.2, -0.15) is 0 Å². The SMILES string of the molecule is CCc1c(NC2CCC3(CC2)CCN(Cc2ccc(-n4c(-c5cccnc5N)nc5ccc(C6C=CC=CC6)nc54)cc2)C3)c(=O)c1=O. The number of rotatable bonds is 8. The number of nitrogens with two attached hydrogens (primary N) is 1. The Morgan fingerprint density at radius 3 is 2.56 bits per heavy atom. The summed E-state index contributed by atoms with van der Waals surface area (Å²) in [5.74, 6) is 1.40. The van der Waals surface area contributed by atoms with Crippen molar-refractivity contribution in [3.05, 3.63) is 116 Å². The molecular formula is C39H41N7O2. The molecular weight excluding hydrogens is 598 g/mol. The lowest BCUT2D eigenvalue weighted by Crippen LogP contribution is -2.42. The van der Waals surface area contributed by atoms with E-state index in [0.717, 1.165) is 85.7 Å². The maximum Gasteiger partial charge on any atom is 0.249 e. The number of benzene rings is 1. The van der Waals surface area contributed by atoms with Gasteiger partial charge in [-0.05, 0) is 98.9 Å². The molecule has 4 heterocycles. The van der Waals surface area contributed by atoms with Gasteiger partial charge in [0.15, 0.2) is 11.5 Å². The van der Waals surface area contributed by atoms with Gasteiger partial charge in [0.05, 0.1) is 16.9 Å². The zero-order valence-corrected chi connectivity index (χ0v) is 27.4. The maximum absolute atomic E-state index is 12.1. The second-order valence-corrected chi connectivity index (χ2v) is 13.9. The van der Waals surface area contributed by atoms with E-state index < -0.39 is 0 Å². The third-order valence-electron chi connectivity index (χ3n) is 10.8. The number of anilines is 2. The van der Waals surface area contributed by atoms with Gasteiger partial charge < -0.3 is 11.1 Å². The Morgan fingerprint density at radius 2 is 1.81 bits per heavy atom. The van der Waals surface area contributed by atoms with Crippen LogP contribution in [0.2, 0.25) is 0 Å². The summed E-state index contributed by atoms with van der Waals surface area (Å²) in [5, 5.41) is 3.43. The Kier molecular flexibility index (Phi) is 7.79. The molecule has 3 N–H and O–H groups in total. The van der Waals surface area contributed by atoms with Crippen molar-refractivity contribution in [3.8, 4) is 17.1 Å². The Labute approximate surface area is 279 Å². The van der Waals surface area contributed by atoms with Gasteiger partial charge in [0.1, 0.15) is 11.3 Å². The van der Waals surface area contributed by atoms with E-state index in [1.165, 1.54) is 12.0 Å². The average molecular weight is 640 g/mol. The quantitative estimate of drug-likeness (QED) is 0.197. The van der Waals surface area contributed by atoms with E-state index in [4.69, 9.17) is 15.7 Å². The number of allylic oxidation sites excluding steroid dienone is 4. The summed E-state index contributed by atoms with van der Waals surface area (Å²) in [4.78, 5) is 41.0. The molecule has 9 heteroatoms. The van der Waals surface area contributed by atoms with Crippen LogP contribution in [0.3, 0.4) is 0 Å². The first-order chi connectivity index (χ1) is 23.4. The Morgan fingerprint density at radius 1 is 0.979 bits per heavy atom. The lowest BCUT2D eigenvalue weighted by molar-refractivity contribution is 0.176. The van der Waals surface area contributed by atoms with E-state index in [9.17, 15) is 9.59 Å². The summed E-state index contributed by atoms with van der Waals surface area (Å²) in [6, 6.07) is 17.0. The number of nitrogens with one attached hydrogen (secondary N) is 1. The number of aromatic nitrogens is 4. The van der Waals surface area contributed by atoms with Crippen molar-refractivity contribution in [2.45, 2.75) is 70.4 Å². The van der Waals surface area contributed by atoms with E-state index >= 15 is 0 Å². The van der Waals surface area contributed by atoms with Crippen molar-refractivity contribution in [2.24, 2.45) is 5.41 Å². The van der Waals surface area contributed by atoms with Crippen molar-refractivity contribution in [1.29, 1.82) is 0 Å². The molecule has 2 aromatic carbocycles. The number of hydrogen-bond acceptors (Lipinski definition) is 8. The van der Waals surface area contributed by atoms with Crippen LogP contribution in [0.4, 0.5) is 11.5 Å². The normalized spacial score (nSPS) is 22.7. The third-order valence-corrected chi connectivity index (χ3v) is 10.8. The molecule has 1 aliphatic heterocycles. The Balaban J connectivity index is 0.993. The number of likely N-dealkylation sites (tertiary alicyclic amines) is 1. The lowest BCUT2D eigenvalue weighted by Gasteiger charge is -2.38. The molecule has 1 saturated heterocycles. The van der Waals surface area contributed by atoms with Crippen LogP contribution in [0.1, 0.15) is 68.2 Å². The fraction of sp³-hybridized carbons (Fsp3) is 0.359. The van der Waals surface area contributed by atoms with Crippen molar-refractivity contribution < 1.29 is 0 Å². The van der Waals surface area contributed by atoms with Crippen LogP contribution in [0, 0.1) is 5.41 Å². The smallest absolute Gasteiger partial charge is 0.249 e. The topological polar surface area (TPSA) is 119 Å². The standard InChI is InChI=1S/C39H41N7O2/c1-2-29-33(35(48)34(29)47)42-27-16-18-39(19-17-27)20-22-45(24-39)23-25-10-12-28(13-11-25)46-37(30-9-6-21-41-36(30)40)44-32-15-14-31(43-38(32)46)26-7-4-3-5-8-26/h3-7,9-15,21,26-27,42H,2,8,16-20,22-24H2,1H3,(H2,40,41). The zero-order valence-electron chi connectivity index (χ0n) is 27.4. The van der Waals surface area contributed by atoms with E-state index in [2.05, 4.69) is 80.5 Å². The van der Waals surface area contributed by atoms with Gasteiger partial charge in [-0.15, -0.1) is 0 Å². The maximum atomic E-state index is 12.1. The third kappa shape index (κ3) is 5.46. The molecule has 48 heavy (non-hydrogen) atoms. The van der Waals surface area contributed by atoms with Crippen LogP contribution >= 0.6 is 0 Å². The van der Waals surface area contributed by atoms with Crippen LogP contribution in [-0.4, -0.2) is 43.6 Å². The largest absolute Gasteiger partial charge is 0.383 e. The van der Waals surface area contributed by atoms with E-state index in [1.807, 2.05) is 19.1 Å². The summed E-state index contributed by atoms with van der Waals surface area (Å²) < 4.78 is 2.11. The summed E-state index contributed by atoms with van der Waals surface area (Å²) >= 11 is 0. The van der Waals surface area contributed by atoms with Crippen LogP contribution in [-0.2, 0) is 13.0 Å². The molecule has 3 aromatic heterocycles. The highest BCUT2D eigenvalue weighted by molar-refractivity contribution is 5.83. The molecule has 8 rings (SSSR count). The van der Waals surface area contributed by atoms with Gasteiger partial charge >= 0.3 is 0 Å². The monoisotopic (exact) mass is 639 g/mol. The van der Waals surface area contributed by atoms with Crippen molar-refractivity contribution in [3.63, 3.8) is 0 Å². The zero-order chi connectivity index (χ0) is 32.8. The molecule has 3 aliphatic rings. The number of imidazole rings is 1. The van der Waals surface area contributed by atoms with E-state index in [1.54, 1.807) is 6.20 Å². The number of hydrogen-bond donors (Lipinski definition) is 2. The van der Waals surface area contributed by atoms with E-state index in [-0.39, 0.29) is 22.8 Å². The summed E-state index contributed by atoms with van der Waals surface area (Å²) in [5.41, 5.74) is 13.0. The molecule has 1 spiro atoms. The van der Waals surface area contributed by atoms with Crippen LogP contribution in [0.25, 0.3) is 28.2 Å².